The molecule has 0 saturated carbocycles. The molecule has 144 valence electrons. The minimum atomic E-state index is 0.0482. The van der Waals surface area contributed by atoms with E-state index in [0.717, 1.165) is 64.4 Å². The fraction of sp³-hybridized carbons (Fsp3) is 0.650. The van der Waals surface area contributed by atoms with Gasteiger partial charge in [-0.3, -0.25) is 4.90 Å². The molecule has 0 aromatic heterocycles. The molecular weight excluding hydrogens is 330 g/mol. The molecule has 1 atom stereocenters. The Balaban J connectivity index is 1.43. The Morgan fingerprint density at radius 3 is 2.69 bits per heavy atom. The molecule has 6 heteroatoms. The van der Waals surface area contributed by atoms with Crippen molar-refractivity contribution in [3.05, 3.63) is 29.8 Å². The zero-order chi connectivity index (χ0) is 18.4. The van der Waals surface area contributed by atoms with E-state index in [2.05, 4.69) is 23.2 Å². The summed E-state index contributed by atoms with van der Waals surface area (Å²) in [6.45, 7) is 7.31. The number of benzene rings is 1. The van der Waals surface area contributed by atoms with Gasteiger partial charge in [-0.15, -0.1) is 0 Å². The van der Waals surface area contributed by atoms with E-state index in [4.69, 9.17) is 9.47 Å². The van der Waals surface area contributed by atoms with Crippen LogP contribution in [0, 0.1) is 0 Å². The Labute approximate surface area is 156 Å². The van der Waals surface area contributed by atoms with E-state index in [1.807, 2.05) is 23.1 Å². The van der Waals surface area contributed by atoms with E-state index in [1.165, 1.54) is 5.56 Å². The molecule has 26 heavy (non-hydrogen) atoms. The molecule has 6 nitrogen and oxygen atoms in total. The molecule has 1 N–H and O–H groups in total. The number of piperazine rings is 1. The number of carbonyl (C=O) groups is 1. The summed E-state index contributed by atoms with van der Waals surface area (Å²) in [6, 6.07) is 8.77. The number of rotatable bonds is 5. The highest BCUT2D eigenvalue weighted by atomic mass is 16.5. The maximum absolute atomic E-state index is 12.6. The minimum Gasteiger partial charge on any atom is -0.497 e. The quantitative estimate of drug-likeness (QED) is 0.873. The van der Waals surface area contributed by atoms with Gasteiger partial charge >= 0.3 is 6.03 Å². The fourth-order valence-electron chi connectivity index (χ4n) is 3.85. The van der Waals surface area contributed by atoms with E-state index in [1.54, 1.807) is 7.11 Å². The van der Waals surface area contributed by atoms with Crippen LogP contribution in [0.1, 0.15) is 25.3 Å². The summed E-state index contributed by atoms with van der Waals surface area (Å²) in [4.78, 5) is 17.0. The number of hydrogen-bond acceptors (Lipinski definition) is 4. The van der Waals surface area contributed by atoms with Gasteiger partial charge in [-0.1, -0.05) is 12.1 Å². The van der Waals surface area contributed by atoms with E-state index in [0.29, 0.717) is 6.04 Å². The van der Waals surface area contributed by atoms with Crippen LogP contribution < -0.4 is 10.1 Å². The van der Waals surface area contributed by atoms with Crippen LogP contribution in [0.15, 0.2) is 24.3 Å². The minimum absolute atomic E-state index is 0.0482. The first-order chi connectivity index (χ1) is 12.7. The Bertz CT molecular complexity index is 581. The molecule has 0 aliphatic carbocycles. The van der Waals surface area contributed by atoms with Crippen LogP contribution in [0.4, 0.5) is 4.79 Å². The van der Waals surface area contributed by atoms with Gasteiger partial charge in [-0.05, 0) is 43.9 Å². The molecule has 1 unspecified atom stereocenters. The van der Waals surface area contributed by atoms with E-state index in [-0.39, 0.29) is 12.1 Å². The summed E-state index contributed by atoms with van der Waals surface area (Å²) in [5, 5.41) is 3.14. The number of urea groups is 1. The average Bonchev–Trinajstić information content (AvgIpc) is 2.69. The van der Waals surface area contributed by atoms with Crippen molar-refractivity contribution in [3.63, 3.8) is 0 Å². The van der Waals surface area contributed by atoms with Gasteiger partial charge in [-0.2, -0.15) is 0 Å². The van der Waals surface area contributed by atoms with Crippen molar-refractivity contribution in [1.82, 2.24) is 15.1 Å². The maximum Gasteiger partial charge on any atom is 0.317 e. The fourth-order valence-corrected chi connectivity index (χ4v) is 3.85. The van der Waals surface area contributed by atoms with Gasteiger partial charge in [0, 0.05) is 51.5 Å². The van der Waals surface area contributed by atoms with E-state index < -0.39 is 0 Å². The highest BCUT2D eigenvalue weighted by Crippen LogP contribution is 2.17. The zero-order valence-corrected chi connectivity index (χ0v) is 15.9. The molecule has 2 fully saturated rings. The molecule has 1 aromatic rings. The summed E-state index contributed by atoms with van der Waals surface area (Å²) in [7, 11) is 1.67. The van der Waals surface area contributed by atoms with Crippen LogP contribution in [0.25, 0.3) is 0 Å². The van der Waals surface area contributed by atoms with Crippen molar-refractivity contribution in [1.29, 1.82) is 0 Å². The van der Waals surface area contributed by atoms with Gasteiger partial charge in [0.25, 0.3) is 0 Å². The Hall–Kier alpha value is -1.79. The van der Waals surface area contributed by atoms with Gasteiger partial charge in [0.05, 0.1) is 7.11 Å². The highest BCUT2D eigenvalue weighted by molar-refractivity contribution is 5.74. The maximum atomic E-state index is 12.6. The molecular formula is C20H31N3O3. The third-order valence-corrected chi connectivity index (χ3v) is 5.35. The van der Waals surface area contributed by atoms with Crippen LogP contribution in [0.2, 0.25) is 0 Å². The van der Waals surface area contributed by atoms with Crippen LogP contribution >= 0.6 is 0 Å². The SMILES string of the molecule is COc1cccc(CC(C)NC(=O)N2CCN(C3CCOCC3)CC2)c1. The second kappa shape index (κ2) is 9.24. The molecule has 2 heterocycles. The Morgan fingerprint density at radius 2 is 2.00 bits per heavy atom. The largest absolute Gasteiger partial charge is 0.497 e. The first kappa shape index (κ1) is 19.0. The Morgan fingerprint density at radius 1 is 1.27 bits per heavy atom. The van der Waals surface area contributed by atoms with Crippen molar-refractivity contribution >= 4 is 6.03 Å². The lowest BCUT2D eigenvalue weighted by Gasteiger charge is -2.40. The normalized spacial score (nSPS) is 20.6. The third kappa shape index (κ3) is 5.11. The second-order valence-corrected chi connectivity index (χ2v) is 7.27. The molecule has 2 aliphatic heterocycles. The predicted molar refractivity (Wildman–Crippen MR) is 102 cm³/mol. The van der Waals surface area contributed by atoms with Gasteiger partial charge in [0.1, 0.15) is 5.75 Å². The number of methoxy groups -OCH3 is 1. The van der Waals surface area contributed by atoms with Crippen molar-refractivity contribution in [2.45, 2.75) is 38.3 Å². The van der Waals surface area contributed by atoms with Crippen LogP contribution in [-0.4, -0.2) is 74.4 Å². The molecule has 2 saturated heterocycles. The number of hydrogen-bond donors (Lipinski definition) is 1. The molecule has 0 bridgehead atoms. The summed E-state index contributed by atoms with van der Waals surface area (Å²) >= 11 is 0. The smallest absolute Gasteiger partial charge is 0.317 e. The molecule has 0 spiro atoms. The first-order valence-corrected chi connectivity index (χ1v) is 9.66. The molecule has 3 rings (SSSR count). The topological polar surface area (TPSA) is 54.0 Å². The Kier molecular flexibility index (Phi) is 6.74. The van der Waals surface area contributed by atoms with E-state index in [9.17, 15) is 4.79 Å². The molecule has 2 aliphatic rings. The molecule has 1 aromatic carbocycles. The third-order valence-electron chi connectivity index (χ3n) is 5.35. The standard InChI is InChI=1S/C20H31N3O3/c1-16(14-17-4-3-5-19(15-17)25-2)21-20(24)23-10-8-22(9-11-23)18-6-12-26-13-7-18/h3-5,15-16,18H,6-14H2,1-2H3,(H,21,24). The first-order valence-electron chi connectivity index (χ1n) is 9.66. The monoisotopic (exact) mass is 361 g/mol. The van der Waals surface area contributed by atoms with Crippen molar-refractivity contribution < 1.29 is 14.3 Å². The van der Waals surface area contributed by atoms with Crippen molar-refractivity contribution in [3.8, 4) is 5.75 Å². The lowest BCUT2D eigenvalue weighted by atomic mass is 10.1. The average molecular weight is 361 g/mol. The lowest BCUT2D eigenvalue weighted by Crippen LogP contribution is -2.56. The van der Waals surface area contributed by atoms with Gasteiger partial charge in [-0.25, -0.2) is 4.79 Å². The number of nitrogens with one attached hydrogen (secondary N) is 1. The number of carbonyl (C=O) groups excluding carboxylic acids is 1. The summed E-state index contributed by atoms with van der Waals surface area (Å²) < 4.78 is 10.7. The number of ether oxygens (including phenoxy) is 2. The van der Waals surface area contributed by atoms with Gasteiger partial charge < -0.3 is 19.7 Å². The number of nitrogens with zero attached hydrogens (tertiary/aromatic N) is 2. The van der Waals surface area contributed by atoms with Crippen LogP contribution in [0.5, 0.6) is 5.75 Å². The van der Waals surface area contributed by atoms with Crippen LogP contribution in [-0.2, 0) is 11.2 Å². The van der Waals surface area contributed by atoms with Crippen molar-refractivity contribution in [2.24, 2.45) is 0 Å². The zero-order valence-electron chi connectivity index (χ0n) is 15.9. The summed E-state index contributed by atoms with van der Waals surface area (Å²) in [5.41, 5.74) is 1.17. The molecule has 0 radical (unpaired) electrons. The predicted octanol–water partition coefficient (Wildman–Crippen LogP) is 2.13. The summed E-state index contributed by atoms with van der Waals surface area (Å²) in [5.74, 6) is 0.852. The van der Waals surface area contributed by atoms with Crippen molar-refractivity contribution in [2.75, 3.05) is 46.5 Å². The molecule has 2 amide bonds. The van der Waals surface area contributed by atoms with Gasteiger partial charge in [0.2, 0.25) is 0 Å². The highest BCUT2D eigenvalue weighted by Gasteiger charge is 2.27. The summed E-state index contributed by atoms with van der Waals surface area (Å²) in [6.07, 6.45) is 3.03. The van der Waals surface area contributed by atoms with E-state index >= 15 is 0 Å². The van der Waals surface area contributed by atoms with Crippen LogP contribution in [0.3, 0.4) is 0 Å². The number of amides is 2. The lowest BCUT2D eigenvalue weighted by molar-refractivity contribution is 0.0186. The van der Waals surface area contributed by atoms with Gasteiger partial charge in [0.15, 0.2) is 0 Å². The second-order valence-electron chi connectivity index (χ2n) is 7.27.